The molecule has 0 saturated heterocycles. The van der Waals surface area contributed by atoms with E-state index in [1.165, 1.54) is 44.9 Å². The average molecular weight is 419 g/mol. The van der Waals surface area contributed by atoms with Gasteiger partial charge in [0.2, 0.25) is 0 Å². The molecule has 2 heteroatoms. The maximum Gasteiger partial charge on any atom is 0.0571 e. The molecule has 4 rings (SSSR count). The van der Waals surface area contributed by atoms with E-state index < -0.39 is 0 Å². The van der Waals surface area contributed by atoms with Gasteiger partial charge in [-0.05, 0) is 122 Å². The molecule has 4 aliphatic rings. The van der Waals surface area contributed by atoms with Gasteiger partial charge in [0.1, 0.15) is 0 Å². The molecule has 11 atom stereocenters. The van der Waals surface area contributed by atoms with Crippen molar-refractivity contribution in [3.05, 3.63) is 0 Å². The van der Waals surface area contributed by atoms with E-state index in [2.05, 4.69) is 41.5 Å². The van der Waals surface area contributed by atoms with Crippen LogP contribution in [-0.4, -0.2) is 22.4 Å². The molecule has 0 spiro atoms. The highest BCUT2D eigenvalue weighted by Crippen LogP contribution is 2.68. The molecule has 4 fully saturated rings. The van der Waals surface area contributed by atoms with Crippen molar-refractivity contribution in [1.82, 2.24) is 0 Å². The van der Waals surface area contributed by atoms with Gasteiger partial charge >= 0.3 is 0 Å². The van der Waals surface area contributed by atoms with Gasteiger partial charge in [0, 0.05) is 0 Å². The van der Waals surface area contributed by atoms with Crippen LogP contribution in [-0.2, 0) is 0 Å². The van der Waals surface area contributed by atoms with Crippen molar-refractivity contribution < 1.29 is 10.2 Å². The van der Waals surface area contributed by atoms with Crippen molar-refractivity contribution in [2.45, 2.75) is 118 Å². The zero-order chi connectivity index (χ0) is 21.8. The fraction of sp³-hybridized carbons (Fsp3) is 1.00. The third kappa shape index (κ3) is 3.70. The molecule has 4 aliphatic carbocycles. The van der Waals surface area contributed by atoms with Crippen LogP contribution in [0, 0.1) is 58.2 Å². The molecule has 2 nitrogen and oxygen atoms in total. The maximum absolute atomic E-state index is 11.1. The molecule has 0 aromatic rings. The Hall–Kier alpha value is -0.0800. The second-order valence-corrected chi connectivity index (χ2v) is 13.2. The van der Waals surface area contributed by atoms with E-state index in [1.807, 2.05) is 0 Å². The van der Waals surface area contributed by atoms with Gasteiger partial charge < -0.3 is 10.2 Å². The van der Waals surface area contributed by atoms with Crippen LogP contribution in [0.2, 0.25) is 0 Å². The molecular weight excluding hydrogens is 368 g/mol. The Kier molecular flexibility index (Phi) is 6.44. The first kappa shape index (κ1) is 23.1. The molecule has 0 bridgehead atoms. The lowest BCUT2D eigenvalue weighted by Gasteiger charge is -2.61. The highest BCUT2D eigenvalue weighted by molar-refractivity contribution is 5.10. The number of aliphatic hydroxyl groups is 2. The lowest BCUT2D eigenvalue weighted by atomic mass is 9.44. The molecule has 0 heterocycles. The van der Waals surface area contributed by atoms with Crippen molar-refractivity contribution >= 4 is 0 Å². The minimum Gasteiger partial charge on any atom is -0.393 e. The van der Waals surface area contributed by atoms with E-state index in [0.717, 1.165) is 42.9 Å². The van der Waals surface area contributed by atoms with Crippen molar-refractivity contribution in [1.29, 1.82) is 0 Å². The monoisotopic (exact) mass is 418 g/mol. The molecule has 2 N–H and O–H groups in total. The smallest absolute Gasteiger partial charge is 0.0571 e. The number of hydrogen-bond acceptors (Lipinski definition) is 2. The van der Waals surface area contributed by atoms with E-state index in [4.69, 9.17) is 0 Å². The molecule has 30 heavy (non-hydrogen) atoms. The first-order valence-corrected chi connectivity index (χ1v) is 13.4. The Balaban J connectivity index is 1.49. The highest BCUT2D eigenvalue weighted by atomic mass is 16.3. The summed E-state index contributed by atoms with van der Waals surface area (Å²) in [6, 6.07) is 0. The van der Waals surface area contributed by atoms with Crippen molar-refractivity contribution in [2.24, 2.45) is 58.2 Å². The summed E-state index contributed by atoms with van der Waals surface area (Å²) in [6.45, 7) is 14.5. The van der Waals surface area contributed by atoms with Crippen LogP contribution in [0.5, 0.6) is 0 Å². The molecular formula is C28H50O2. The van der Waals surface area contributed by atoms with E-state index in [0.29, 0.717) is 34.5 Å². The predicted octanol–water partition coefficient (Wildman–Crippen LogP) is 6.69. The Morgan fingerprint density at radius 3 is 2.20 bits per heavy atom. The van der Waals surface area contributed by atoms with Gasteiger partial charge in [-0.2, -0.15) is 0 Å². The highest BCUT2D eigenvalue weighted by Gasteiger charge is 2.60. The van der Waals surface area contributed by atoms with Gasteiger partial charge in [0.15, 0.2) is 0 Å². The second-order valence-electron chi connectivity index (χ2n) is 13.2. The summed E-state index contributed by atoms with van der Waals surface area (Å²) < 4.78 is 0. The lowest BCUT2D eigenvalue weighted by molar-refractivity contribution is -0.132. The van der Waals surface area contributed by atoms with Crippen LogP contribution in [0.4, 0.5) is 0 Å². The van der Waals surface area contributed by atoms with Crippen LogP contribution >= 0.6 is 0 Å². The molecule has 0 aliphatic heterocycles. The first-order chi connectivity index (χ1) is 14.1. The molecule has 0 amide bonds. The van der Waals surface area contributed by atoms with E-state index >= 15 is 0 Å². The van der Waals surface area contributed by atoms with Gasteiger partial charge in [-0.15, -0.1) is 0 Å². The van der Waals surface area contributed by atoms with E-state index in [-0.39, 0.29) is 12.2 Å². The van der Waals surface area contributed by atoms with Crippen LogP contribution < -0.4 is 0 Å². The lowest BCUT2D eigenvalue weighted by Crippen LogP contribution is -2.54. The summed E-state index contributed by atoms with van der Waals surface area (Å²) in [5.74, 6) is 5.75. The Morgan fingerprint density at radius 1 is 0.833 bits per heavy atom. The SMILES string of the molecule is CC(C)[C@H](C)C[C@H](O)[C@@H](C)[C@H]1CCC2[C@@H]3CC[C@H]4C[C@@H](O)CC[C@]4(C)[C@H]3CC[C@@]21C. The van der Waals surface area contributed by atoms with Gasteiger partial charge in [0.05, 0.1) is 12.2 Å². The second kappa shape index (κ2) is 8.36. The maximum atomic E-state index is 11.1. The topological polar surface area (TPSA) is 40.5 Å². The predicted molar refractivity (Wildman–Crippen MR) is 125 cm³/mol. The van der Waals surface area contributed by atoms with Crippen LogP contribution in [0.3, 0.4) is 0 Å². The Morgan fingerprint density at radius 2 is 1.50 bits per heavy atom. The molecule has 0 radical (unpaired) electrons. The van der Waals surface area contributed by atoms with E-state index in [1.54, 1.807) is 0 Å². The summed E-state index contributed by atoms with van der Waals surface area (Å²) in [4.78, 5) is 0. The molecule has 0 aromatic heterocycles. The van der Waals surface area contributed by atoms with Crippen LogP contribution in [0.1, 0.15) is 106 Å². The average Bonchev–Trinajstić information content (AvgIpc) is 3.04. The Bertz CT molecular complexity index is 601. The summed E-state index contributed by atoms with van der Waals surface area (Å²) in [6.07, 6.45) is 12.3. The van der Waals surface area contributed by atoms with Crippen LogP contribution in [0.15, 0.2) is 0 Å². The minimum atomic E-state index is -0.145. The normalized spacial score (nSPS) is 49.1. The summed E-state index contributed by atoms with van der Waals surface area (Å²) in [5, 5.41) is 21.4. The van der Waals surface area contributed by atoms with Gasteiger partial charge in [-0.1, -0.05) is 41.5 Å². The standard InChI is InChI=1S/C28H50O2/c1-17(2)18(3)15-26(30)19(4)23-9-10-24-22-8-7-20-16-21(29)11-13-27(20,5)25(22)12-14-28(23,24)6/h17-26,29-30H,7-16H2,1-6H3/t18-,19+,20+,21+,22+,23-,24?,25+,26+,27+,28-/m1/s1. The van der Waals surface area contributed by atoms with Crippen molar-refractivity contribution in [3.63, 3.8) is 0 Å². The zero-order valence-corrected chi connectivity index (χ0v) is 20.7. The van der Waals surface area contributed by atoms with Gasteiger partial charge in [-0.3, -0.25) is 0 Å². The summed E-state index contributed by atoms with van der Waals surface area (Å²) in [5.41, 5.74) is 0.902. The van der Waals surface area contributed by atoms with Gasteiger partial charge in [0.25, 0.3) is 0 Å². The minimum absolute atomic E-state index is 0.0417. The third-order valence-corrected chi connectivity index (χ3v) is 11.7. The zero-order valence-electron chi connectivity index (χ0n) is 20.7. The number of rotatable bonds is 5. The van der Waals surface area contributed by atoms with Crippen molar-refractivity contribution in [3.8, 4) is 0 Å². The summed E-state index contributed by atoms with van der Waals surface area (Å²) >= 11 is 0. The molecule has 4 saturated carbocycles. The Labute approximate surface area is 186 Å². The fourth-order valence-corrected chi connectivity index (χ4v) is 9.28. The molecule has 1 unspecified atom stereocenters. The number of fused-ring (bicyclic) bond motifs is 5. The third-order valence-electron chi connectivity index (χ3n) is 11.7. The summed E-state index contributed by atoms with van der Waals surface area (Å²) in [7, 11) is 0. The van der Waals surface area contributed by atoms with Gasteiger partial charge in [-0.25, -0.2) is 0 Å². The van der Waals surface area contributed by atoms with Crippen LogP contribution in [0.25, 0.3) is 0 Å². The van der Waals surface area contributed by atoms with E-state index in [9.17, 15) is 10.2 Å². The van der Waals surface area contributed by atoms with Crippen molar-refractivity contribution in [2.75, 3.05) is 0 Å². The largest absolute Gasteiger partial charge is 0.393 e. The number of hydrogen-bond donors (Lipinski definition) is 2. The molecule has 0 aromatic carbocycles. The number of aliphatic hydroxyl groups excluding tert-OH is 2. The molecule has 174 valence electrons. The quantitative estimate of drug-likeness (QED) is 0.522. The fourth-order valence-electron chi connectivity index (χ4n) is 9.28. The first-order valence-electron chi connectivity index (χ1n) is 13.4.